The summed E-state index contributed by atoms with van der Waals surface area (Å²) in [7, 11) is 1.93. The Hall–Kier alpha value is -2.92. The van der Waals surface area contributed by atoms with Gasteiger partial charge in [-0.15, -0.1) is 0 Å². The molecule has 0 spiro atoms. The van der Waals surface area contributed by atoms with Crippen molar-refractivity contribution in [1.29, 1.82) is 0 Å². The van der Waals surface area contributed by atoms with Crippen molar-refractivity contribution < 1.29 is 36.0 Å². The molecule has 0 unspecified atom stereocenters. The molecule has 38 heavy (non-hydrogen) atoms. The largest absolute Gasteiger partial charge is 1.00 e. The Kier molecular flexibility index (Phi) is 13.5. The maximum atomic E-state index is 11.9. The fourth-order valence-electron chi connectivity index (χ4n) is 3.17. The standard InChI is InChI=1S/C26H40N6O4S.ClH/c1-25(2,3)35-23(33)27-14-8-16-32(17-9-15-28-24(34)36-26(4,5)6)21-12-10-20(11-13-21)29-30-22-31(7)18-19-37-22;/h10-13,18-19H,8-9,14-17H2,1-7H3,(H-,27,28,33,34);1H. The number of hydrogen-bond donors (Lipinski definition) is 2. The first kappa shape index (κ1) is 33.1. The third-order valence-electron chi connectivity index (χ3n) is 4.77. The summed E-state index contributed by atoms with van der Waals surface area (Å²) in [5.41, 5.74) is 0.722. The zero-order valence-corrected chi connectivity index (χ0v) is 25.0. The fraction of sp³-hybridized carbons (Fsp3) is 0.577. The van der Waals surface area contributed by atoms with E-state index in [4.69, 9.17) is 9.47 Å². The maximum absolute atomic E-state index is 11.9. The van der Waals surface area contributed by atoms with E-state index in [0.717, 1.165) is 29.3 Å². The van der Waals surface area contributed by atoms with Gasteiger partial charge in [0.1, 0.15) is 23.1 Å². The van der Waals surface area contributed by atoms with Crippen LogP contribution in [0, 0.1) is 0 Å². The quantitative estimate of drug-likeness (QED) is 0.246. The molecule has 2 aromatic rings. The highest BCUT2D eigenvalue weighted by molar-refractivity contribution is 7.12. The van der Waals surface area contributed by atoms with E-state index in [2.05, 4.69) is 25.8 Å². The SMILES string of the molecule is C[n+]1ccsc1/N=N/c1ccc(N(CCCNC(=O)OC(C)(C)C)CCCNC(=O)OC(C)(C)C)cc1.[Cl-]. The van der Waals surface area contributed by atoms with Gasteiger partial charge in [0.2, 0.25) is 0 Å². The van der Waals surface area contributed by atoms with E-state index in [9.17, 15) is 9.59 Å². The van der Waals surface area contributed by atoms with Gasteiger partial charge in [-0.25, -0.2) is 14.2 Å². The molecule has 0 bridgehead atoms. The number of amides is 2. The lowest BCUT2D eigenvalue weighted by Crippen LogP contribution is -3.00. The molecule has 12 heteroatoms. The smallest absolute Gasteiger partial charge is 0.408 e. The number of carbonyl (C=O) groups excluding carboxylic acids is 2. The number of benzene rings is 1. The van der Waals surface area contributed by atoms with Crippen LogP contribution in [-0.4, -0.2) is 49.6 Å². The Morgan fingerprint density at radius 3 is 1.82 bits per heavy atom. The Morgan fingerprint density at radius 2 is 1.39 bits per heavy atom. The van der Waals surface area contributed by atoms with Gasteiger partial charge in [-0.05, 0) is 95.1 Å². The van der Waals surface area contributed by atoms with E-state index in [1.54, 1.807) is 0 Å². The van der Waals surface area contributed by atoms with Crippen molar-refractivity contribution in [2.24, 2.45) is 17.3 Å². The molecule has 0 atom stereocenters. The van der Waals surface area contributed by atoms with Crippen LogP contribution < -0.4 is 32.5 Å². The lowest BCUT2D eigenvalue weighted by Gasteiger charge is -2.26. The summed E-state index contributed by atoms with van der Waals surface area (Å²) in [6, 6.07) is 7.87. The van der Waals surface area contributed by atoms with Gasteiger partial charge in [0, 0.05) is 37.2 Å². The summed E-state index contributed by atoms with van der Waals surface area (Å²) in [5.74, 6) is 0. The van der Waals surface area contributed by atoms with E-state index in [1.807, 2.05) is 89.0 Å². The van der Waals surface area contributed by atoms with Gasteiger partial charge in [-0.1, -0.05) is 0 Å². The molecule has 0 aliphatic heterocycles. The maximum Gasteiger partial charge on any atom is 0.408 e. The molecule has 0 saturated carbocycles. The summed E-state index contributed by atoms with van der Waals surface area (Å²) in [6.45, 7) is 13.4. The molecule has 0 aliphatic rings. The first-order valence-corrected chi connectivity index (χ1v) is 13.3. The van der Waals surface area contributed by atoms with Crippen LogP contribution in [-0.2, 0) is 16.5 Å². The monoisotopic (exact) mass is 568 g/mol. The van der Waals surface area contributed by atoms with Crippen molar-refractivity contribution in [2.45, 2.75) is 65.6 Å². The van der Waals surface area contributed by atoms with Crippen LogP contribution in [0.2, 0.25) is 0 Å². The number of azo groups is 1. The van der Waals surface area contributed by atoms with Crippen LogP contribution in [0.3, 0.4) is 0 Å². The molecule has 0 fully saturated rings. The molecular weight excluding hydrogens is 528 g/mol. The number of thiazole rings is 1. The van der Waals surface area contributed by atoms with Crippen LogP contribution >= 0.6 is 11.3 Å². The third-order valence-corrected chi connectivity index (χ3v) is 5.61. The van der Waals surface area contributed by atoms with Gasteiger partial charge in [-0.3, -0.25) is 0 Å². The molecule has 10 nitrogen and oxygen atoms in total. The molecule has 2 N–H and O–H groups in total. The summed E-state index contributed by atoms with van der Waals surface area (Å²) >= 11 is 1.53. The third kappa shape index (κ3) is 13.6. The predicted molar refractivity (Wildman–Crippen MR) is 146 cm³/mol. The number of alkyl carbamates (subject to hydrolysis) is 2. The van der Waals surface area contributed by atoms with Gasteiger partial charge >= 0.3 is 17.3 Å². The fourth-order valence-corrected chi connectivity index (χ4v) is 3.85. The topological polar surface area (TPSA) is 109 Å². The van der Waals surface area contributed by atoms with Crippen LogP contribution in [0.4, 0.5) is 26.1 Å². The molecule has 2 rings (SSSR count). The number of halogens is 1. The minimum atomic E-state index is -0.531. The van der Waals surface area contributed by atoms with Crippen molar-refractivity contribution >= 4 is 40.0 Å². The highest BCUT2D eigenvalue weighted by Gasteiger charge is 2.17. The van der Waals surface area contributed by atoms with Crippen molar-refractivity contribution in [3.05, 3.63) is 35.8 Å². The molecule has 0 aliphatic carbocycles. The summed E-state index contributed by atoms with van der Waals surface area (Å²) in [4.78, 5) is 26.1. The van der Waals surface area contributed by atoms with E-state index in [-0.39, 0.29) is 12.4 Å². The number of aryl methyl sites for hydroxylation is 1. The van der Waals surface area contributed by atoms with E-state index in [1.165, 1.54) is 11.3 Å². The highest BCUT2D eigenvalue weighted by atomic mass is 35.5. The zero-order chi connectivity index (χ0) is 27.5. The second-order valence-corrected chi connectivity index (χ2v) is 11.4. The van der Waals surface area contributed by atoms with Crippen molar-refractivity contribution in [1.82, 2.24) is 10.6 Å². The Morgan fingerprint density at radius 1 is 0.895 bits per heavy atom. The van der Waals surface area contributed by atoms with E-state index in [0.29, 0.717) is 26.2 Å². The average Bonchev–Trinajstić information content (AvgIpc) is 3.19. The lowest BCUT2D eigenvalue weighted by atomic mass is 10.2. The number of hydrogen-bond acceptors (Lipinski definition) is 8. The molecule has 1 aromatic carbocycles. The normalized spacial score (nSPS) is 11.6. The van der Waals surface area contributed by atoms with Crippen LogP contribution in [0.15, 0.2) is 46.1 Å². The molecule has 2 amide bonds. The molecule has 1 heterocycles. The summed E-state index contributed by atoms with van der Waals surface area (Å²) in [6.07, 6.45) is 2.56. The van der Waals surface area contributed by atoms with Gasteiger partial charge in [0.25, 0.3) is 0 Å². The predicted octanol–water partition coefficient (Wildman–Crippen LogP) is 2.63. The first-order chi connectivity index (χ1) is 17.3. The second kappa shape index (κ2) is 15.5. The van der Waals surface area contributed by atoms with Crippen molar-refractivity contribution in [3.8, 4) is 0 Å². The first-order valence-electron chi connectivity index (χ1n) is 12.5. The number of carbonyl (C=O) groups is 2. The number of anilines is 1. The lowest BCUT2D eigenvalue weighted by molar-refractivity contribution is -0.654. The zero-order valence-electron chi connectivity index (χ0n) is 23.4. The molecule has 212 valence electrons. The van der Waals surface area contributed by atoms with Crippen LogP contribution in [0.1, 0.15) is 54.4 Å². The minimum Gasteiger partial charge on any atom is -1.00 e. The van der Waals surface area contributed by atoms with Crippen LogP contribution in [0.5, 0.6) is 0 Å². The van der Waals surface area contributed by atoms with Gasteiger partial charge in [-0.2, -0.15) is 0 Å². The number of rotatable bonds is 11. The number of nitrogens with one attached hydrogen (secondary N) is 2. The summed E-state index contributed by atoms with van der Waals surface area (Å²) in [5, 5.41) is 17.0. The van der Waals surface area contributed by atoms with Crippen molar-refractivity contribution in [3.63, 3.8) is 0 Å². The summed E-state index contributed by atoms with van der Waals surface area (Å²) < 4.78 is 12.5. The number of nitrogens with zero attached hydrogens (tertiary/aromatic N) is 4. The van der Waals surface area contributed by atoms with Gasteiger partial charge < -0.3 is 37.4 Å². The van der Waals surface area contributed by atoms with Gasteiger partial charge in [0.05, 0.1) is 12.2 Å². The van der Waals surface area contributed by atoms with Gasteiger partial charge in [0.15, 0.2) is 0 Å². The van der Waals surface area contributed by atoms with Crippen molar-refractivity contribution in [2.75, 3.05) is 31.1 Å². The Balaban J connectivity index is 0.00000722. The van der Waals surface area contributed by atoms with E-state index < -0.39 is 23.4 Å². The van der Waals surface area contributed by atoms with Crippen LogP contribution in [0.25, 0.3) is 0 Å². The molecular formula is C26H41ClN6O4S. The second-order valence-electron chi connectivity index (χ2n) is 10.6. The minimum absolute atomic E-state index is 0. The number of aromatic nitrogens is 1. The van der Waals surface area contributed by atoms with E-state index >= 15 is 0 Å². The molecule has 1 aromatic heterocycles. The Labute approximate surface area is 236 Å². The molecule has 0 saturated heterocycles. The average molecular weight is 569 g/mol. The molecule has 0 radical (unpaired) electrons. The highest BCUT2D eigenvalue weighted by Crippen LogP contribution is 2.23. The Bertz CT molecular complexity index is 996. The number of ether oxygens (including phenoxy) is 2.